The molecule has 9 heteroatoms. The highest BCUT2D eigenvalue weighted by Crippen LogP contribution is 2.44. The summed E-state index contributed by atoms with van der Waals surface area (Å²) in [6, 6.07) is 19.8. The maximum atomic E-state index is 13.8. The Kier molecular flexibility index (Phi) is 7.88. The molecule has 4 amide bonds. The number of carbonyl (C=O) groups is 3. The number of allylic oxidation sites excluding steroid dienone is 4. The van der Waals surface area contributed by atoms with E-state index < -0.39 is 29.7 Å². The molecule has 3 heterocycles. The first-order valence-electron chi connectivity index (χ1n) is 17.0. The molecule has 1 aliphatic carbocycles. The fourth-order valence-electron chi connectivity index (χ4n) is 8.41. The van der Waals surface area contributed by atoms with Gasteiger partial charge in [-0.1, -0.05) is 82.9 Å². The Labute approximate surface area is 299 Å². The fourth-order valence-corrected chi connectivity index (χ4v) is 8.85. The lowest BCUT2D eigenvalue weighted by molar-refractivity contribution is -0.148. The van der Waals surface area contributed by atoms with Gasteiger partial charge < -0.3 is 9.13 Å². The topological polar surface area (TPSA) is 67.6 Å². The van der Waals surface area contributed by atoms with Crippen LogP contribution in [0.3, 0.4) is 0 Å². The Hall–Kier alpha value is -4.85. The Morgan fingerprint density at radius 2 is 1.02 bits per heavy atom. The van der Waals surface area contributed by atoms with E-state index >= 15 is 0 Å². The van der Waals surface area contributed by atoms with Crippen LogP contribution in [0.15, 0.2) is 84.0 Å². The molecule has 1 saturated heterocycles. The molecule has 2 fully saturated rings. The standard InChI is InChI=1S/C41H36Cl2N4O3/c1-5-46-31(27-11-7-9-25-29(42)17-21-33(46)36(25)27)19-15-23-13-14-24(35(23)38-39(48)44(3)41(50)45(4)40(38)49)16-20-32-28-12-8-10-26-30(43)18-22-34(37(26)28)47(32)6-2/h7-12,15-22,35,38H,5-6,13-14H2,1-4H3/b23-15+,24-16+,31-19+,32-20+. The summed E-state index contributed by atoms with van der Waals surface area (Å²) in [7, 11) is 2.90. The van der Waals surface area contributed by atoms with Gasteiger partial charge >= 0.3 is 6.03 Å². The first-order chi connectivity index (χ1) is 24.2. The molecule has 1 aliphatic heterocycles. The zero-order valence-electron chi connectivity index (χ0n) is 28.3. The van der Waals surface area contributed by atoms with Crippen LogP contribution in [0.2, 0.25) is 10.0 Å². The minimum Gasteiger partial charge on any atom is -0.341 e. The molecule has 0 bridgehead atoms. The van der Waals surface area contributed by atoms with Gasteiger partial charge in [-0.3, -0.25) is 19.4 Å². The SMILES string of the molecule is CCn1/c(=C/C=C2\CC/C(=C\C=c3/c4cccc5c(Cl)ccc(c54)n3CC)C2C2C(=O)N(C)C(=O)N(C)C2=O)c2cccc3c(Cl)ccc1c32. The molecule has 7 nitrogen and oxygen atoms in total. The summed E-state index contributed by atoms with van der Waals surface area (Å²) in [6.45, 7) is 5.76. The van der Waals surface area contributed by atoms with Crippen molar-refractivity contribution in [2.75, 3.05) is 14.1 Å². The normalized spacial score (nSPS) is 20.3. The summed E-state index contributed by atoms with van der Waals surface area (Å²) in [5, 5.41) is 9.96. The zero-order valence-corrected chi connectivity index (χ0v) is 29.8. The summed E-state index contributed by atoms with van der Waals surface area (Å²) < 4.78 is 4.55. The number of benzene rings is 4. The molecular weight excluding hydrogens is 667 g/mol. The molecule has 0 atom stereocenters. The Morgan fingerprint density at radius 3 is 1.44 bits per heavy atom. The minimum absolute atomic E-state index is 0.479. The molecule has 6 aromatic rings. The molecule has 4 aromatic carbocycles. The molecule has 0 N–H and O–H groups in total. The van der Waals surface area contributed by atoms with E-state index in [0.29, 0.717) is 22.9 Å². The number of barbiturate groups is 1. The monoisotopic (exact) mass is 702 g/mol. The predicted molar refractivity (Wildman–Crippen MR) is 203 cm³/mol. The largest absolute Gasteiger partial charge is 0.341 e. The van der Waals surface area contributed by atoms with E-state index in [2.05, 4.69) is 71.6 Å². The zero-order chi connectivity index (χ0) is 35.0. The van der Waals surface area contributed by atoms with Gasteiger partial charge in [0.25, 0.3) is 0 Å². The van der Waals surface area contributed by atoms with Crippen molar-refractivity contribution >= 4 is 96.6 Å². The van der Waals surface area contributed by atoms with Crippen molar-refractivity contribution in [2.24, 2.45) is 11.8 Å². The van der Waals surface area contributed by atoms with Gasteiger partial charge in [0.2, 0.25) is 11.8 Å². The lowest BCUT2D eigenvalue weighted by Crippen LogP contribution is -2.58. The highest BCUT2D eigenvalue weighted by atomic mass is 35.5. The number of imide groups is 2. The number of urea groups is 1. The van der Waals surface area contributed by atoms with Crippen molar-refractivity contribution in [3.05, 3.63) is 105 Å². The van der Waals surface area contributed by atoms with Crippen LogP contribution in [-0.4, -0.2) is 50.9 Å². The van der Waals surface area contributed by atoms with Crippen molar-refractivity contribution in [1.82, 2.24) is 18.9 Å². The lowest BCUT2D eigenvalue weighted by atomic mass is 9.81. The molecule has 2 aliphatic rings. The fraction of sp³-hybridized carbons (Fsp3) is 0.244. The van der Waals surface area contributed by atoms with E-state index in [4.69, 9.17) is 23.2 Å². The molecule has 0 spiro atoms. The third kappa shape index (κ3) is 4.67. The number of halogens is 2. The van der Waals surface area contributed by atoms with Gasteiger partial charge in [0.15, 0.2) is 0 Å². The Bertz CT molecular complexity index is 2430. The highest BCUT2D eigenvalue weighted by Gasteiger charge is 2.49. The number of carbonyl (C=O) groups excluding carboxylic acids is 3. The quantitative estimate of drug-likeness (QED) is 0.172. The summed E-state index contributed by atoms with van der Waals surface area (Å²) in [6.07, 6.45) is 9.77. The van der Waals surface area contributed by atoms with E-state index in [1.807, 2.05) is 36.4 Å². The van der Waals surface area contributed by atoms with Gasteiger partial charge in [-0.2, -0.15) is 0 Å². The molecule has 50 heavy (non-hydrogen) atoms. The number of amides is 4. The number of rotatable bonds is 5. The van der Waals surface area contributed by atoms with E-state index in [-0.39, 0.29) is 0 Å². The smallest absolute Gasteiger partial charge is 0.332 e. The van der Waals surface area contributed by atoms with Crippen molar-refractivity contribution in [2.45, 2.75) is 39.8 Å². The van der Waals surface area contributed by atoms with E-state index in [1.165, 1.54) is 14.1 Å². The van der Waals surface area contributed by atoms with Crippen LogP contribution in [0.1, 0.15) is 26.7 Å². The molecule has 0 unspecified atom stereocenters. The second-order valence-electron chi connectivity index (χ2n) is 13.2. The number of nitrogens with zero attached hydrogens (tertiary/aromatic N) is 4. The van der Waals surface area contributed by atoms with Gasteiger partial charge in [-0.25, -0.2) is 4.79 Å². The first-order valence-corrected chi connectivity index (χ1v) is 17.8. The van der Waals surface area contributed by atoms with Crippen LogP contribution in [0, 0.1) is 11.8 Å². The summed E-state index contributed by atoms with van der Waals surface area (Å²) in [5.41, 5.74) is 4.18. The third-order valence-electron chi connectivity index (χ3n) is 10.8. The Balaban J connectivity index is 1.33. The second-order valence-corrected chi connectivity index (χ2v) is 14.0. The molecule has 1 saturated carbocycles. The number of hydrogen-bond acceptors (Lipinski definition) is 3. The van der Waals surface area contributed by atoms with Crippen molar-refractivity contribution in [3.8, 4) is 0 Å². The number of aromatic nitrogens is 2. The first kappa shape index (κ1) is 32.4. The van der Waals surface area contributed by atoms with Gasteiger partial charge in [-0.15, -0.1) is 0 Å². The van der Waals surface area contributed by atoms with Crippen molar-refractivity contribution < 1.29 is 14.4 Å². The maximum absolute atomic E-state index is 13.8. The Morgan fingerprint density at radius 1 is 0.600 bits per heavy atom. The number of aryl methyl sites for hydroxylation is 2. The summed E-state index contributed by atoms with van der Waals surface area (Å²) >= 11 is 13.2. The summed E-state index contributed by atoms with van der Waals surface area (Å²) in [4.78, 5) is 42.6. The average Bonchev–Trinajstić information content (AvgIpc) is 3.78. The van der Waals surface area contributed by atoms with Gasteiger partial charge in [-0.05, 0) is 63.1 Å². The van der Waals surface area contributed by atoms with Crippen LogP contribution in [0.25, 0.3) is 55.5 Å². The van der Waals surface area contributed by atoms with Gasteiger partial charge in [0.05, 0.1) is 0 Å². The minimum atomic E-state index is -1.05. The number of hydrogen-bond donors (Lipinski definition) is 0. The molecule has 8 rings (SSSR count). The van der Waals surface area contributed by atoms with E-state index in [1.54, 1.807) is 0 Å². The molecule has 0 radical (unpaired) electrons. The summed E-state index contributed by atoms with van der Waals surface area (Å²) in [5.74, 6) is -2.51. The van der Waals surface area contributed by atoms with E-state index in [0.717, 1.165) is 88.1 Å². The molecular formula is C41H36Cl2N4O3. The van der Waals surface area contributed by atoms with Crippen LogP contribution in [-0.2, 0) is 22.7 Å². The maximum Gasteiger partial charge on any atom is 0.332 e. The predicted octanol–water partition coefficient (Wildman–Crippen LogP) is 7.88. The average molecular weight is 704 g/mol. The van der Waals surface area contributed by atoms with Crippen LogP contribution in [0.5, 0.6) is 0 Å². The van der Waals surface area contributed by atoms with Crippen LogP contribution in [0.4, 0.5) is 4.79 Å². The van der Waals surface area contributed by atoms with Crippen molar-refractivity contribution in [3.63, 3.8) is 0 Å². The van der Waals surface area contributed by atoms with Gasteiger partial charge in [0.1, 0.15) is 5.92 Å². The van der Waals surface area contributed by atoms with E-state index in [9.17, 15) is 14.4 Å². The molecule has 252 valence electrons. The van der Waals surface area contributed by atoms with Gasteiger partial charge in [0, 0.05) is 97.2 Å². The van der Waals surface area contributed by atoms with Crippen LogP contribution < -0.4 is 10.7 Å². The third-order valence-corrected chi connectivity index (χ3v) is 11.4. The molecule has 2 aromatic heterocycles. The van der Waals surface area contributed by atoms with Crippen LogP contribution >= 0.6 is 23.2 Å². The van der Waals surface area contributed by atoms with Crippen molar-refractivity contribution in [1.29, 1.82) is 0 Å². The highest BCUT2D eigenvalue weighted by molar-refractivity contribution is 6.37. The lowest BCUT2D eigenvalue weighted by Gasteiger charge is -2.36. The second kappa shape index (κ2) is 12.2.